The van der Waals surface area contributed by atoms with Crippen molar-refractivity contribution < 1.29 is 9.53 Å². The Bertz CT molecular complexity index is 968. The Morgan fingerprint density at radius 3 is 2.18 bits per heavy atom. The molecule has 2 heterocycles. The summed E-state index contributed by atoms with van der Waals surface area (Å²) in [6.45, 7) is 7.36. The third-order valence-electron chi connectivity index (χ3n) is 6.97. The van der Waals surface area contributed by atoms with Crippen LogP contribution in [0.1, 0.15) is 58.4 Å². The molecule has 2 aromatic rings. The number of hydrogen-bond acceptors (Lipinski definition) is 4. The van der Waals surface area contributed by atoms with Gasteiger partial charge < -0.3 is 4.74 Å². The molecule has 0 N–H and O–H groups in total. The Balaban J connectivity index is 0.000000350. The van der Waals surface area contributed by atoms with Crippen LogP contribution in [0, 0.1) is 0 Å². The molecular formula is C26H39ClN4O2S. The Hall–Kier alpha value is -1.99. The van der Waals surface area contributed by atoms with E-state index in [0.717, 1.165) is 42.7 Å². The average molecular weight is 507 g/mol. The van der Waals surface area contributed by atoms with Crippen LogP contribution in [0.25, 0.3) is 0 Å². The number of anilines is 2. The van der Waals surface area contributed by atoms with Crippen molar-refractivity contribution in [1.82, 2.24) is 9.97 Å². The fourth-order valence-electron chi connectivity index (χ4n) is 3.79. The molecule has 0 saturated heterocycles. The summed E-state index contributed by atoms with van der Waals surface area (Å²) in [5, 5.41) is 0.176. The Morgan fingerprint density at radius 1 is 1.06 bits per heavy atom. The van der Waals surface area contributed by atoms with Crippen LogP contribution in [0.4, 0.5) is 16.3 Å². The minimum atomic E-state index is -0.340. The van der Waals surface area contributed by atoms with Crippen molar-refractivity contribution in [3.05, 3.63) is 41.3 Å². The van der Waals surface area contributed by atoms with Crippen molar-refractivity contribution in [3.8, 4) is 5.75 Å². The fraction of sp³-hybridized carbons (Fsp3) is 0.577. The summed E-state index contributed by atoms with van der Waals surface area (Å²) in [5.41, 5.74) is 1.74. The smallest absolute Gasteiger partial charge is 0.330 e. The first kappa shape index (κ1) is 26.6. The zero-order valence-corrected chi connectivity index (χ0v) is 23.2. The van der Waals surface area contributed by atoms with Crippen LogP contribution in [-0.4, -0.2) is 52.7 Å². The topological polar surface area (TPSA) is 58.6 Å². The number of nitrogens with zero attached hydrogens (tertiary/aromatic N) is 4. The van der Waals surface area contributed by atoms with Crippen molar-refractivity contribution in [2.24, 2.45) is 0 Å². The van der Waals surface area contributed by atoms with Gasteiger partial charge in [-0.3, -0.25) is 9.80 Å². The van der Waals surface area contributed by atoms with Crippen LogP contribution in [0.5, 0.6) is 5.75 Å². The highest BCUT2D eigenvalue weighted by atomic mass is 35.5. The summed E-state index contributed by atoms with van der Waals surface area (Å²) in [7, 11) is 1.29. The summed E-state index contributed by atoms with van der Waals surface area (Å²) in [6, 6.07) is 7.63. The van der Waals surface area contributed by atoms with Crippen molar-refractivity contribution in [1.29, 1.82) is 0 Å². The maximum absolute atomic E-state index is 13.4. The minimum Gasteiger partial charge on any atom is -0.497 e. The lowest BCUT2D eigenvalue weighted by Crippen LogP contribution is -2.53. The molecule has 1 saturated carbocycles. The lowest BCUT2D eigenvalue weighted by molar-refractivity contribution is 0.244. The van der Waals surface area contributed by atoms with Gasteiger partial charge in [-0.05, 0) is 72.2 Å². The largest absolute Gasteiger partial charge is 0.497 e. The van der Waals surface area contributed by atoms with Crippen LogP contribution in [-0.2, 0) is 6.54 Å². The van der Waals surface area contributed by atoms with Gasteiger partial charge in [-0.2, -0.15) is 4.98 Å². The highest BCUT2D eigenvalue weighted by molar-refractivity contribution is 8.33. The van der Waals surface area contributed by atoms with Crippen molar-refractivity contribution in [3.63, 3.8) is 0 Å². The lowest BCUT2D eigenvalue weighted by atomic mass is 9.93. The van der Waals surface area contributed by atoms with Gasteiger partial charge in [-0.15, -0.1) is 0 Å². The number of ether oxygens (including phenoxy) is 1. The number of carbonyl (C=O) groups excluding carboxylic acids is 1. The molecule has 188 valence electrons. The number of rotatable bonds is 3. The van der Waals surface area contributed by atoms with E-state index < -0.39 is 0 Å². The van der Waals surface area contributed by atoms with E-state index in [1.165, 1.54) is 6.42 Å². The van der Waals surface area contributed by atoms with Crippen molar-refractivity contribution >= 4 is 39.2 Å². The van der Waals surface area contributed by atoms with Crippen LogP contribution in [0.3, 0.4) is 0 Å². The first-order valence-electron chi connectivity index (χ1n) is 11.9. The standard InChI is InChI=1S/C19H21ClN4O2.C7H18S/c1-26-16-9-7-14(8-10-16)23-12-13-11-21-18(20)22-17(13)24(19(23)25)15-5-3-2-4-6-15;1-7(2,3)8(4,5)6/h7-11,15H,2-6,12H2,1H3;1-6H3. The molecule has 1 aromatic heterocycles. The summed E-state index contributed by atoms with van der Waals surface area (Å²) in [5.74, 6) is 1.42. The van der Waals surface area contributed by atoms with Crippen LogP contribution < -0.4 is 14.5 Å². The number of halogens is 1. The molecule has 4 rings (SSSR count). The van der Waals surface area contributed by atoms with Crippen LogP contribution in [0.15, 0.2) is 30.5 Å². The molecule has 0 unspecified atom stereocenters. The molecule has 1 aromatic carbocycles. The highest BCUT2D eigenvalue weighted by Crippen LogP contribution is 2.48. The second-order valence-electron chi connectivity index (χ2n) is 10.7. The maximum atomic E-state index is 13.4. The van der Waals surface area contributed by atoms with Crippen molar-refractivity contribution in [2.75, 3.05) is 35.7 Å². The van der Waals surface area contributed by atoms with Crippen LogP contribution in [0.2, 0.25) is 5.28 Å². The number of urea groups is 1. The zero-order valence-electron chi connectivity index (χ0n) is 21.6. The molecule has 1 aliphatic heterocycles. The van der Waals surface area contributed by atoms with Gasteiger partial charge in [0.25, 0.3) is 0 Å². The van der Waals surface area contributed by atoms with E-state index >= 15 is 0 Å². The molecule has 0 radical (unpaired) electrons. The molecule has 6 nitrogen and oxygen atoms in total. The second kappa shape index (κ2) is 10.7. The number of methoxy groups -OCH3 is 1. The summed E-state index contributed by atoms with van der Waals surface area (Å²) >= 11 is 6.03. The van der Waals surface area contributed by atoms with Gasteiger partial charge in [0.15, 0.2) is 0 Å². The molecule has 34 heavy (non-hydrogen) atoms. The van der Waals surface area contributed by atoms with Gasteiger partial charge >= 0.3 is 6.03 Å². The lowest BCUT2D eigenvalue weighted by Gasteiger charge is -2.41. The molecule has 0 atom stereocenters. The monoisotopic (exact) mass is 506 g/mol. The Morgan fingerprint density at radius 2 is 1.65 bits per heavy atom. The summed E-state index contributed by atoms with van der Waals surface area (Å²) in [4.78, 5) is 25.5. The van der Waals surface area contributed by atoms with E-state index in [-0.39, 0.29) is 27.4 Å². The second-order valence-corrected chi connectivity index (χ2v) is 15.9. The highest BCUT2D eigenvalue weighted by Gasteiger charge is 2.37. The zero-order chi connectivity index (χ0) is 25.1. The molecular weight excluding hydrogens is 468 g/mol. The van der Waals surface area contributed by atoms with E-state index in [1.807, 2.05) is 29.2 Å². The molecule has 1 fully saturated rings. The Kier molecular flexibility index (Phi) is 8.40. The molecule has 0 spiro atoms. The SMILES string of the molecule is CC(C)(C)S(C)(C)C.COc1ccc(N2Cc3cnc(Cl)nc3N(C3CCCCC3)C2=O)cc1. The third-order valence-corrected chi connectivity index (χ3v) is 10.8. The number of hydrogen-bond donors (Lipinski definition) is 0. The van der Waals surface area contributed by atoms with Gasteiger partial charge in [-0.1, -0.05) is 40.0 Å². The number of fused-ring (bicyclic) bond motifs is 1. The number of carbonyl (C=O) groups is 1. The van der Waals surface area contributed by atoms with E-state index in [2.05, 4.69) is 49.5 Å². The van der Waals surface area contributed by atoms with Gasteiger partial charge in [-0.25, -0.2) is 19.8 Å². The minimum absolute atomic E-state index is 0.0515. The van der Waals surface area contributed by atoms with Gasteiger partial charge in [0, 0.05) is 23.5 Å². The average Bonchev–Trinajstić information content (AvgIpc) is 2.78. The molecule has 8 heteroatoms. The quantitative estimate of drug-likeness (QED) is 0.425. The van der Waals surface area contributed by atoms with E-state index in [0.29, 0.717) is 17.1 Å². The predicted octanol–water partition coefficient (Wildman–Crippen LogP) is 6.90. The van der Waals surface area contributed by atoms with Gasteiger partial charge in [0.05, 0.1) is 13.7 Å². The summed E-state index contributed by atoms with van der Waals surface area (Å²) < 4.78 is 5.74. The van der Waals surface area contributed by atoms with E-state index in [9.17, 15) is 4.79 Å². The third kappa shape index (κ3) is 6.16. The molecule has 1 aliphatic carbocycles. The van der Waals surface area contributed by atoms with Crippen LogP contribution >= 0.6 is 21.6 Å². The van der Waals surface area contributed by atoms with E-state index in [1.54, 1.807) is 18.2 Å². The maximum Gasteiger partial charge on any atom is 0.330 e. The Labute approximate surface area is 211 Å². The normalized spacial score (nSPS) is 17.6. The number of amides is 2. The van der Waals surface area contributed by atoms with E-state index in [4.69, 9.17) is 16.3 Å². The molecule has 2 amide bonds. The molecule has 0 bridgehead atoms. The predicted molar refractivity (Wildman–Crippen MR) is 146 cm³/mol. The number of benzene rings is 1. The fourth-order valence-corrected chi connectivity index (χ4v) is 3.92. The first-order chi connectivity index (χ1) is 15.9. The van der Waals surface area contributed by atoms with Crippen molar-refractivity contribution in [2.45, 2.75) is 70.2 Å². The van der Waals surface area contributed by atoms with Gasteiger partial charge in [0.2, 0.25) is 5.28 Å². The van der Waals surface area contributed by atoms with Gasteiger partial charge in [0.1, 0.15) is 11.6 Å². The summed E-state index contributed by atoms with van der Waals surface area (Å²) in [6.07, 6.45) is 14.2. The number of aromatic nitrogens is 2. The first-order valence-corrected chi connectivity index (χ1v) is 15.1. The molecule has 2 aliphatic rings.